The first-order valence-corrected chi connectivity index (χ1v) is 8.13. The molecule has 1 saturated heterocycles. The summed E-state index contributed by atoms with van der Waals surface area (Å²) in [5.41, 5.74) is 0.555. The maximum atomic E-state index is 13.9. The molecule has 2 atom stereocenters. The third-order valence-corrected chi connectivity index (χ3v) is 4.84. The normalized spacial score (nSPS) is 22.1. The molecule has 2 aromatic carbocycles. The summed E-state index contributed by atoms with van der Waals surface area (Å²) in [5.74, 6) is -0.547. The second-order valence-corrected chi connectivity index (χ2v) is 6.33. The lowest BCUT2D eigenvalue weighted by molar-refractivity contribution is 0.0674. The number of rotatable bonds is 1. The van der Waals surface area contributed by atoms with Crippen molar-refractivity contribution in [3.63, 3.8) is 0 Å². The minimum Gasteiger partial charge on any atom is -0.486 e. The van der Waals surface area contributed by atoms with Crippen LogP contribution in [0.1, 0.15) is 20.7 Å². The second kappa shape index (κ2) is 5.88. The van der Waals surface area contributed by atoms with Crippen molar-refractivity contribution >= 4 is 11.8 Å². The van der Waals surface area contributed by atoms with Gasteiger partial charge in [0.25, 0.3) is 11.8 Å². The zero-order valence-corrected chi connectivity index (χ0v) is 13.7. The number of carbonyl (C=O) groups is 2. The van der Waals surface area contributed by atoms with Crippen LogP contribution in [0, 0.1) is 5.82 Å². The van der Waals surface area contributed by atoms with E-state index >= 15 is 0 Å². The fraction of sp³-hybridized carbons (Fsp3) is 0.263. The Morgan fingerprint density at radius 2 is 1.84 bits per heavy atom. The molecule has 2 amide bonds. The number of nitrogens with zero attached hydrogens (tertiary/aromatic N) is 2. The van der Waals surface area contributed by atoms with Crippen molar-refractivity contribution in [3.05, 3.63) is 65.5 Å². The lowest BCUT2D eigenvalue weighted by Gasteiger charge is -2.25. The molecule has 0 N–H and O–H groups in total. The smallest absolute Gasteiger partial charge is 0.257 e. The van der Waals surface area contributed by atoms with Gasteiger partial charge in [-0.3, -0.25) is 9.59 Å². The van der Waals surface area contributed by atoms with E-state index in [9.17, 15) is 14.0 Å². The van der Waals surface area contributed by atoms with Crippen LogP contribution in [-0.4, -0.2) is 53.9 Å². The highest BCUT2D eigenvalue weighted by molar-refractivity contribution is 5.98. The van der Waals surface area contributed by atoms with Crippen LogP contribution < -0.4 is 4.74 Å². The average molecular weight is 340 g/mol. The molecule has 0 radical (unpaired) electrons. The average Bonchev–Trinajstić information content (AvgIpc) is 3.01. The van der Waals surface area contributed by atoms with E-state index in [1.807, 2.05) is 6.07 Å². The molecule has 2 heterocycles. The quantitative estimate of drug-likeness (QED) is 0.800. The number of fused-ring (bicyclic) bond motifs is 2. The van der Waals surface area contributed by atoms with Crippen LogP contribution in [0.15, 0.2) is 48.5 Å². The van der Waals surface area contributed by atoms with Gasteiger partial charge in [-0.05, 0) is 24.3 Å². The van der Waals surface area contributed by atoms with Crippen LogP contribution in [0.5, 0.6) is 5.75 Å². The summed E-state index contributed by atoms with van der Waals surface area (Å²) in [7, 11) is 1.71. The summed E-state index contributed by atoms with van der Waals surface area (Å²) in [6.45, 7) is 0.623. The molecule has 5 nitrogen and oxygen atoms in total. The van der Waals surface area contributed by atoms with Crippen LogP contribution in [0.25, 0.3) is 0 Å². The van der Waals surface area contributed by atoms with Gasteiger partial charge >= 0.3 is 0 Å². The number of likely N-dealkylation sites (tertiary alicyclic amines) is 1. The molecule has 0 spiro atoms. The van der Waals surface area contributed by atoms with E-state index in [4.69, 9.17) is 4.74 Å². The van der Waals surface area contributed by atoms with Gasteiger partial charge < -0.3 is 14.5 Å². The summed E-state index contributed by atoms with van der Waals surface area (Å²) in [6, 6.07) is 12.7. The standard InChI is InChI=1S/C19H17FN2O3/c1-21-15-10-22(19(24)12-6-2-4-8-14(12)20)11-17(15)25-16-9-5-3-7-13(16)18(21)23/h2-9,15,17H,10-11H2,1H3/t15-,17+/m1/s1. The Labute approximate surface area is 144 Å². The Hall–Kier alpha value is -2.89. The first kappa shape index (κ1) is 15.6. The van der Waals surface area contributed by atoms with Crippen LogP contribution in [0.2, 0.25) is 0 Å². The first-order chi connectivity index (χ1) is 12.1. The second-order valence-electron chi connectivity index (χ2n) is 6.33. The van der Waals surface area contributed by atoms with Crippen molar-refractivity contribution in [3.8, 4) is 5.75 Å². The van der Waals surface area contributed by atoms with Crippen molar-refractivity contribution in [2.24, 2.45) is 0 Å². The van der Waals surface area contributed by atoms with Gasteiger partial charge in [0.2, 0.25) is 0 Å². The van der Waals surface area contributed by atoms with Crippen molar-refractivity contribution in [1.82, 2.24) is 9.80 Å². The number of benzene rings is 2. The summed E-state index contributed by atoms with van der Waals surface area (Å²) in [6.07, 6.45) is -0.340. The van der Waals surface area contributed by atoms with E-state index in [1.54, 1.807) is 47.2 Å². The molecule has 1 fully saturated rings. The third-order valence-electron chi connectivity index (χ3n) is 4.84. The first-order valence-electron chi connectivity index (χ1n) is 8.13. The topological polar surface area (TPSA) is 49.9 Å². The maximum Gasteiger partial charge on any atom is 0.257 e. The lowest BCUT2D eigenvalue weighted by Crippen LogP contribution is -2.44. The number of para-hydroxylation sites is 1. The molecular weight excluding hydrogens is 323 g/mol. The molecule has 0 unspecified atom stereocenters. The number of amides is 2. The highest BCUT2D eigenvalue weighted by atomic mass is 19.1. The van der Waals surface area contributed by atoms with Crippen LogP contribution in [0.4, 0.5) is 4.39 Å². The molecule has 2 aliphatic heterocycles. The molecular formula is C19H17FN2O3. The minimum absolute atomic E-state index is 0.0355. The number of carbonyl (C=O) groups excluding carboxylic acids is 2. The van der Waals surface area contributed by atoms with Gasteiger partial charge in [-0.25, -0.2) is 4.39 Å². The molecule has 0 bridgehead atoms. The Bertz CT molecular complexity index is 854. The Morgan fingerprint density at radius 3 is 2.64 bits per heavy atom. The third kappa shape index (κ3) is 2.54. The Kier molecular flexibility index (Phi) is 3.67. The van der Waals surface area contributed by atoms with Crippen molar-refractivity contribution < 1.29 is 18.7 Å². The Balaban J connectivity index is 1.63. The molecule has 0 aromatic heterocycles. The predicted octanol–water partition coefficient (Wildman–Crippen LogP) is 2.18. The number of hydrogen-bond acceptors (Lipinski definition) is 3. The molecule has 2 aromatic rings. The minimum atomic E-state index is -0.546. The number of likely N-dealkylation sites (N-methyl/N-ethyl adjacent to an activating group) is 1. The molecule has 128 valence electrons. The SMILES string of the molecule is CN1C(=O)c2ccccc2O[C@H]2CN(C(=O)c3ccccc3F)C[C@H]21. The van der Waals surface area contributed by atoms with Crippen LogP contribution >= 0.6 is 0 Å². The van der Waals surface area contributed by atoms with E-state index in [0.29, 0.717) is 24.4 Å². The maximum absolute atomic E-state index is 13.9. The molecule has 0 aliphatic carbocycles. The van der Waals surface area contributed by atoms with Gasteiger partial charge in [-0.15, -0.1) is 0 Å². The fourth-order valence-electron chi connectivity index (χ4n) is 3.47. The largest absolute Gasteiger partial charge is 0.486 e. The number of halogens is 1. The van der Waals surface area contributed by atoms with Gasteiger partial charge in [-0.1, -0.05) is 24.3 Å². The van der Waals surface area contributed by atoms with E-state index in [0.717, 1.165) is 0 Å². The molecule has 25 heavy (non-hydrogen) atoms. The fourth-order valence-corrected chi connectivity index (χ4v) is 3.47. The van der Waals surface area contributed by atoms with Gasteiger partial charge in [0, 0.05) is 13.6 Å². The number of hydrogen-bond donors (Lipinski definition) is 0. The zero-order chi connectivity index (χ0) is 17.6. The summed E-state index contributed by atoms with van der Waals surface area (Å²) in [5, 5.41) is 0. The summed E-state index contributed by atoms with van der Waals surface area (Å²) >= 11 is 0. The van der Waals surface area contributed by atoms with E-state index in [1.165, 1.54) is 12.1 Å². The molecule has 4 rings (SSSR count). The molecule has 2 aliphatic rings. The van der Waals surface area contributed by atoms with E-state index < -0.39 is 5.82 Å². The lowest BCUT2D eigenvalue weighted by atomic mass is 10.1. The van der Waals surface area contributed by atoms with Gasteiger partial charge in [-0.2, -0.15) is 0 Å². The predicted molar refractivity (Wildman–Crippen MR) is 89.0 cm³/mol. The van der Waals surface area contributed by atoms with Crippen LogP contribution in [0.3, 0.4) is 0 Å². The highest BCUT2D eigenvalue weighted by Crippen LogP contribution is 2.31. The van der Waals surface area contributed by atoms with E-state index in [2.05, 4.69) is 0 Å². The summed E-state index contributed by atoms with van der Waals surface area (Å²) < 4.78 is 19.9. The van der Waals surface area contributed by atoms with Crippen LogP contribution in [-0.2, 0) is 0 Å². The Morgan fingerprint density at radius 1 is 1.12 bits per heavy atom. The van der Waals surface area contributed by atoms with Crippen molar-refractivity contribution in [2.45, 2.75) is 12.1 Å². The van der Waals surface area contributed by atoms with Crippen molar-refractivity contribution in [2.75, 3.05) is 20.1 Å². The van der Waals surface area contributed by atoms with Gasteiger partial charge in [0.1, 0.15) is 17.7 Å². The van der Waals surface area contributed by atoms with Crippen molar-refractivity contribution in [1.29, 1.82) is 0 Å². The van der Waals surface area contributed by atoms with Gasteiger partial charge in [0.05, 0.1) is 23.7 Å². The van der Waals surface area contributed by atoms with Gasteiger partial charge in [0.15, 0.2) is 0 Å². The monoisotopic (exact) mass is 340 g/mol. The molecule has 6 heteroatoms. The number of ether oxygens (including phenoxy) is 1. The summed E-state index contributed by atoms with van der Waals surface area (Å²) in [4.78, 5) is 28.5. The van der Waals surface area contributed by atoms with E-state index in [-0.39, 0.29) is 29.5 Å². The molecule has 0 saturated carbocycles. The highest BCUT2D eigenvalue weighted by Gasteiger charge is 2.44. The zero-order valence-electron chi connectivity index (χ0n) is 13.7.